The molecule has 0 aromatic carbocycles. The fourth-order valence-electron chi connectivity index (χ4n) is 2.58. The number of nitrogens with one attached hydrogen (secondary N) is 1. The van der Waals surface area contributed by atoms with E-state index in [0.29, 0.717) is 28.3 Å². The van der Waals surface area contributed by atoms with Crippen LogP contribution in [0.25, 0.3) is 0 Å². The van der Waals surface area contributed by atoms with Gasteiger partial charge in [0.05, 0.1) is 16.6 Å². The van der Waals surface area contributed by atoms with E-state index in [1.165, 1.54) is 6.20 Å². The van der Waals surface area contributed by atoms with Gasteiger partial charge in [0.25, 0.3) is 0 Å². The zero-order valence-corrected chi connectivity index (χ0v) is 13.5. The largest absolute Gasteiger partial charge is 0.327 e. The Hall–Kier alpha value is -0.880. The van der Waals surface area contributed by atoms with Gasteiger partial charge in [0, 0.05) is 25.3 Å². The first-order valence-corrected chi connectivity index (χ1v) is 7.84. The number of likely N-dealkylation sites (tertiary alicyclic amines) is 1. The minimum absolute atomic E-state index is 0.128. The molecule has 1 amide bonds. The molecule has 2 heterocycles. The van der Waals surface area contributed by atoms with Crippen LogP contribution in [-0.4, -0.2) is 41.5 Å². The third kappa shape index (κ3) is 4.54. The second-order valence-corrected chi connectivity index (χ2v) is 6.23. The van der Waals surface area contributed by atoms with E-state index in [1.807, 2.05) is 0 Å². The number of hydrogen-bond donors (Lipinski definition) is 2. The maximum Gasteiger partial charge on any atom is 0.239 e. The van der Waals surface area contributed by atoms with Crippen LogP contribution in [0.3, 0.4) is 0 Å². The van der Waals surface area contributed by atoms with Crippen LogP contribution >= 0.6 is 23.2 Å². The van der Waals surface area contributed by atoms with Crippen LogP contribution in [0.15, 0.2) is 12.3 Å². The van der Waals surface area contributed by atoms with E-state index in [9.17, 15) is 4.79 Å². The summed E-state index contributed by atoms with van der Waals surface area (Å²) in [5.74, 6) is 0.660. The number of carbonyl (C=O) groups excluding carboxylic acids is 1. The summed E-state index contributed by atoms with van der Waals surface area (Å²) >= 11 is 11.8. The van der Waals surface area contributed by atoms with Gasteiger partial charge in [-0.15, -0.1) is 0 Å². The molecule has 0 aliphatic carbocycles. The number of hydrogen-bond acceptors (Lipinski definition) is 4. The number of aromatic nitrogens is 1. The molecule has 0 spiro atoms. The number of halogens is 2. The molecule has 3 N–H and O–H groups in total. The zero-order chi connectivity index (χ0) is 15.4. The van der Waals surface area contributed by atoms with Crippen molar-refractivity contribution in [3.8, 4) is 0 Å². The van der Waals surface area contributed by atoms with Crippen molar-refractivity contribution in [2.75, 3.05) is 25.0 Å². The van der Waals surface area contributed by atoms with Crippen LogP contribution in [0, 0.1) is 5.92 Å². The SMILES string of the molecule is CCC1CN(CC(=O)Nc2ncc(Cl)cc2Cl)CCC1N. The standard InChI is InChI=1S/C14H20Cl2N4O/c1-2-9-7-20(4-3-12(9)17)8-13(21)19-14-11(16)5-10(15)6-18-14/h5-6,9,12H,2-4,7-8,17H2,1H3,(H,18,19,21). The van der Waals surface area contributed by atoms with Gasteiger partial charge in [0.2, 0.25) is 5.91 Å². The first-order valence-electron chi connectivity index (χ1n) is 7.08. The minimum atomic E-state index is -0.128. The van der Waals surface area contributed by atoms with Crippen molar-refractivity contribution in [2.45, 2.75) is 25.8 Å². The van der Waals surface area contributed by atoms with Gasteiger partial charge in [-0.05, 0) is 18.4 Å². The molecule has 116 valence electrons. The lowest BCUT2D eigenvalue weighted by Crippen LogP contribution is -2.48. The van der Waals surface area contributed by atoms with E-state index in [0.717, 1.165) is 25.9 Å². The Morgan fingerprint density at radius 2 is 2.33 bits per heavy atom. The molecular formula is C14H20Cl2N4O. The molecule has 1 saturated heterocycles. The maximum absolute atomic E-state index is 12.1. The molecule has 2 unspecified atom stereocenters. The lowest BCUT2D eigenvalue weighted by Gasteiger charge is -2.36. The van der Waals surface area contributed by atoms with Crippen LogP contribution in [0.2, 0.25) is 10.0 Å². The van der Waals surface area contributed by atoms with Crippen molar-refractivity contribution >= 4 is 34.9 Å². The predicted octanol–water partition coefficient (Wildman–Crippen LogP) is 2.39. The number of piperidine rings is 1. The van der Waals surface area contributed by atoms with E-state index >= 15 is 0 Å². The number of pyridine rings is 1. The van der Waals surface area contributed by atoms with E-state index in [4.69, 9.17) is 28.9 Å². The van der Waals surface area contributed by atoms with Gasteiger partial charge >= 0.3 is 0 Å². The summed E-state index contributed by atoms with van der Waals surface area (Å²) < 4.78 is 0. The van der Waals surface area contributed by atoms with Crippen LogP contribution in [0.5, 0.6) is 0 Å². The van der Waals surface area contributed by atoms with Crippen LogP contribution < -0.4 is 11.1 Å². The molecule has 1 aliphatic heterocycles. The van der Waals surface area contributed by atoms with E-state index in [2.05, 4.69) is 22.1 Å². The third-order valence-corrected chi connectivity index (χ3v) is 4.33. The zero-order valence-electron chi connectivity index (χ0n) is 12.0. The second-order valence-electron chi connectivity index (χ2n) is 5.39. The van der Waals surface area contributed by atoms with Crippen molar-refractivity contribution in [3.05, 3.63) is 22.3 Å². The molecule has 1 fully saturated rings. The van der Waals surface area contributed by atoms with Gasteiger partial charge in [-0.25, -0.2) is 4.98 Å². The van der Waals surface area contributed by atoms with E-state index in [-0.39, 0.29) is 11.9 Å². The summed E-state index contributed by atoms with van der Waals surface area (Å²) in [6.07, 6.45) is 3.41. The quantitative estimate of drug-likeness (QED) is 0.889. The molecule has 0 bridgehead atoms. The van der Waals surface area contributed by atoms with E-state index in [1.54, 1.807) is 6.07 Å². The topological polar surface area (TPSA) is 71.2 Å². The van der Waals surface area contributed by atoms with Gasteiger partial charge in [-0.2, -0.15) is 0 Å². The van der Waals surface area contributed by atoms with Gasteiger partial charge in [0.15, 0.2) is 5.82 Å². The summed E-state index contributed by atoms with van der Waals surface area (Å²) in [6, 6.07) is 1.79. The maximum atomic E-state index is 12.1. The summed E-state index contributed by atoms with van der Waals surface area (Å²) in [6.45, 7) is 4.15. The Morgan fingerprint density at radius 1 is 1.57 bits per heavy atom. The number of anilines is 1. The fourth-order valence-corrected chi connectivity index (χ4v) is 3.01. The molecule has 5 nitrogen and oxygen atoms in total. The molecule has 0 radical (unpaired) electrons. The van der Waals surface area contributed by atoms with Crippen LogP contribution in [0.1, 0.15) is 19.8 Å². The number of amides is 1. The Kier molecular flexibility index (Phi) is 5.81. The monoisotopic (exact) mass is 330 g/mol. The third-order valence-electron chi connectivity index (χ3n) is 3.83. The predicted molar refractivity (Wildman–Crippen MR) is 85.7 cm³/mol. The van der Waals surface area contributed by atoms with Crippen LogP contribution in [-0.2, 0) is 4.79 Å². The second kappa shape index (κ2) is 7.40. The Labute approximate surface area is 134 Å². The first kappa shape index (κ1) is 16.5. The molecule has 21 heavy (non-hydrogen) atoms. The van der Waals surface area contributed by atoms with Crippen molar-refractivity contribution in [1.82, 2.24) is 9.88 Å². The van der Waals surface area contributed by atoms with Crippen molar-refractivity contribution < 1.29 is 4.79 Å². The average molecular weight is 331 g/mol. The molecule has 1 aliphatic rings. The summed E-state index contributed by atoms with van der Waals surface area (Å²) in [5, 5.41) is 3.49. The fraction of sp³-hybridized carbons (Fsp3) is 0.571. The highest BCUT2D eigenvalue weighted by molar-refractivity contribution is 6.36. The molecule has 1 aromatic heterocycles. The summed E-state index contributed by atoms with van der Waals surface area (Å²) in [7, 11) is 0. The van der Waals surface area contributed by atoms with Crippen molar-refractivity contribution in [2.24, 2.45) is 11.7 Å². The number of nitrogens with zero attached hydrogens (tertiary/aromatic N) is 2. The Balaban J connectivity index is 1.90. The minimum Gasteiger partial charge on any atom is -0.327 e. The average Bonchev–Trinajstić information content (AvgIpc) is 2.44. The lowest BCUT2D eigenvalue weighted by atomic mass is 9.91. The van der Waals surface area contributed by atoms with Crippen LogP contribution in [0.4, 0.5) is 5.82 Å². The smallest absolute Gasteiger partial charge is 0.239 e. The lowest BCUT2D eigenvalue weighted by molar-refractivity contribution is -0.117. The van der Waals surface area contributed by atoms with Gasteiger partial charge < -0.3 is 11.1 Å². The number of rotatable bonds is 4. The van der Waals surface area contributed by atoms with Gasteiger partial charge in [-0.1, -0.05) is 36.5 Å². The highest BCUT2D eigenvalue weighted by Crippen LogP contribution is 2.23. The van der Waals surface area contributed by atoms with Crippen molar-refractivity contribution in [3.63, 3.8) is 0 Å². The number of nitrogens with two attached hydrogens (primary N) is 1. The molecule has 7 heteroatoms. The highest BCUT2D eigenvalue weighted by Gasteiger charge is 2.26. The Morgan fingerprint density at radius 3 is 3.00 bits per heavy atom. The molecule has 0 saturated carbocycles. The van der Waals surface area contributed by atoms with E-state index < -0.39 is 0 Å². The molecule has 1 aromatic rings. The highest BCUT2D eigenvalue weighted by atomic mass is 35.5. The van der Waals surface area contributed by atoms with Gasteiger partial charge in [-0.3, -0.25) is 9.69 Å². The molecule has 2 rings (SSSR count). The molecule has 2 atom stereocenters. The van der Waals surface area contributed by atoms with Crippen molar-refractivity contribution in [1.29, 1.82) is 0 Å². The number of carbonyl (C=O) groups is 1. The first-order chi connectivity index (χ1) is 9.99. The summed E-state index contributed by atoms with van der Waals surface area (Å²) in [4.78, 5) is 18.2. The normalized spacial score (nSPS) is 23.0. The Bertz CT molecular complexity index is 512. The van der Waals surface area contributed by atoms with Gasteiger partial charge in [0.1, 0.15) is 0 Å². The summed E-state index contributed by atoms with van der Waals surface area (Å²) in [5.41, 5.74) is 6.07. The molecular weight excluding hydrogens is 311 g/mol.